The van der Waals surface area contributed by atoms with Gasteiger partial charge >= 0.3 is 0 Å². The van der Waals surface area contributed by atoms with E-state index in [-0.39, 0.29) is 18.2 Å². The number of nitrogens with one attached hydrogen (secondary N) is 1. The van der Waals surface area contributed by atoms with E-state index in [1.165, 1.54) is 4.31 Å². The zero-order chi connectivity index (χ0) is 23.4. The van der Waals surface area contributed by atoms with Crippen LogP contribution in [0.15, 0.2) is 59.8 Å². The molecule has 1 N–H and O–H groups in total. The van der Waals surface area contributed by atoms with E-state index in [9.17, 15) is 13.2 Å². The molecule has 0 bridgehead atoms. The summed E-state index contributed by atoms with van der Waals surface area (Å²) in [6.45, 7) is 2.95. The third-order valence-corrected chi connectivity index (χ3v) is 8.04. The normalized spacial score (nSPS) is 17.6. The Bertz CT molecular complexity index is 1290. The first-order valence-electron chi connectivity index (χ1n) is 11.0. The lowest BCUT2D eigenvalue weighted by atomic mass is 9.99. The highest BCUT2D eigenvalue weighted by Crippen LogP contribution is 2.23. The molecule has 1 fully saturated rings. The molecular formula is C24H27ClN4O3S. The van der Waals surface area contributed by atoms with Crippen LogP contribution >= 0.6 is 11.6 Å². The van der Waals surface area contributed by atoms with Gasteiger partial charge in [-0.25, -0.2) is 18.1 Å². The Labute approximate surface area is 199 Å². The smallest absolute Gasteiger partial charge is 0.244 e. The summed E-state index contributed by atoms with van der Waals surface area (Å²) < 4.78 is 27.8. The number of para-hydroxylation sites is 1. The molecule has 0 spiro atoms. The average Bonchev–Trinajstić information content (AvgIpc) is 3.16. The second-order valence-electron chi connectivity index (χ2n) is 8.19. The Kier molecular flexibility index (Phi) is 7.17. The molecule has 1 amide bonds. The van der Waals surface area contributed by atoms with Crippen LogP contribution in [-0.4, -0.2) is 48.3 Å². The van der Waals surface area contributed by atoms with Gasteiger partial charge in [0.05, 0.1) is 17.9 Å². The molecule has 7 nitrogen and oxygen atoms in total. The van der Waals surface area contributed by atoms with Gasteiger partial charge in [0, 0.05) is 47.3 Å². The van der Waals surface area contributed by atoms with E-state index in [0.29, 0.717) is 31.0 Å². The second-order valence-corrected chi connectivity index (χ2v) is 10.9. The van der Waals surface area contributed by atoms with Gasteiger partial charge in [0.2, 0.25) is 15.9 Å². The Morgan fingerprint density at radius 3 is 2.85 bits per heavy atom. The summed E-state index contributed by atoms with van der Waals surface area (Å²) in [5.41, 5.74) is 5.63. The molecular weight excluding hydrogens is 460 g/mol. The van der Waals surface area contributed by atoms with E-state index in [1.807, 2.05) is 54.7 Å². The number of carbonyl (C=O) groups excluding carboxylic acids is 1. The van der Waals surface area contributed by atoms with Gasteiger partial charge in [0.15, 0.2) is 0 Å². The summed E-state index contributed by atoms with van der Waals surface area (Å²) in [4.78, 5) is 12.6. The van der Waals surface area contributed by atoms with Crippen molar-refractivity contribution in [2.45, 2.75) is 26.3 Å². The SMILES string of the molecule is CCS(=O)(=O)N1CCC[C@H](C(=O)N/N=C\c2cn(Cc3cccc(Cl)c3)c3ccccc23)C1. The van der Waals surface area contributed by atoms with Crippen molar-refractivity contribution in [2.75, 3.05) is 18.8 Å². The van der Waals surface area contributed by atoms with Crippen molar-refractivity contribution in [1.82, 2.24) is 14.3 Å². The van der Waals surface area contributed by atoms with Crippen LogP contribution in [0, 0.1) is 5.92 Å². The van der Waals surface area contributed by atoms with Crippen molar-refractivity contribution >= 4 is 44.6 Å². The number of sulfonamides is 1. The number of rotatable bonds is 7. The fraction of sp³-hybridized carbons (Fsp3) is 0.333. The number of fused-ring (bicyclic) bond motifs is 1. The minimum atomic E-state index is -3.30. The lowest BCUT2D eigenvalue weighted by Gasteiger charge is -2.30. The molecule has 0 unspecified atom stereocenters. The molecule has 0 saturated carbocycles. The number of hydrogen-bond donors (Lipinski definition) is 1. The summed E-state index contributed by atoms with van der Waals surface area (Å²) in [5.74, 6) is -0.620. The zero-order valence-electron chi connectivity index (χ0n) is 18.4. The third-order valence-electron chi connectivity index (χ3n) is 5.95. The van der Waals surface area contributed by atoms with Crippen LogP contribution in [0.25, 0.3) is 10.9 Å². The molecule has 174 valence electrons. The Balaban J connectivity index is 1.47. The number of hydrogen-bond acceptors (Lipinski definition) is 4. The van der Waals surface area contributed by atoms with Gasteiger partial charge in [-0.15, -0.1) is 0 Å². The maximum Gasteiger partial charge on any atom is 0.244 e. The summed E-state index contributed by atoms with van der Waals surface area (Å²) in [6, 6.07) is 15.8. The van der Waals surface area contributed by atoms with Crippen LogP contribution in [0.2, 0.25) is 5.02 Å². The molecule has 1 saturated heterocycles. The van der Waals surface area contributed by atoms with E-state index in [2.05, 4.69) is 15.1 Å². The van der Waals surface area contributed by atoms with E-state index < -0.39 is 15.9 Å². The molecule has 1 aliphatic heterocycles. The molecule has 4 rings (SSSR count). The fourth-order valence-corrected chi connectivity index (χ4v) is 5.58. The van der Waals surface area contributed by atoms with Gasteiger partial charge in [-0.05, 0) is 43.5 Å². The van der Waals surface area contributed by atoms with Crippen LogP contribution in [-0.2, 0) is 21.4 Å². The Morgan fingerprint density at radius 1 is 1.24 bits per heavy atom. The predicted octanol–water partition coefficient (Wildman–Crippen LogP) is 3.85. The number of hydrazone groups is 1. The van der Waals surface area contributed by atoms with Crippen molar-refractivity contribution in [1.29, 1.82) is 0 Å². The number of carbonyl (C=O) groups is 1. The number of benzene rings is 2. The average molecular weight is 487 g/mol. The minimum absolute atomic E-state index is 0.0404. The highest BCUT2D eigenvalue weighted by Gasteiger charge is 2.31. The van der Waals surface area contributed by atoms with Gasteiger partial charge in [-0.1, -0.05) is 41.9 Å². The topological polar surface area (TPSA) is 83.8 Å². The van der Waals surface area contributed by atoms with Crippen molar-refractivity contribution < 1.29 is 13.2 Å². The van der Waals surface area contributed by atoms with E-state index in [4.69, 9.17) is 11.6 Å². The minimum Gasteiger partial charge on any atom is -0.342 e. The molecule has 33 heavy (non-hydrogen) atoms. The van der Waals surface area contributed by atoms with Gasteiger partial charge in [0.1, 0.15) is 0 Å². The first-order chi connectivity index (χ1) is 15.9. The van der Waals surface area contributed by atoms with Crippen LogP contribution < -0.4 is 5.43 Å². The summed E-state index contributed by atoms with van der Waals surface area (Å²) in [6.07, 6.45) is 4.95. The van der Waals surface area contributed by atoms with Crippen LogP contribution in [0.3, 0.4) is 0 Å². The third kappa shape index (κ3) is 5.46. The van der Waals surface area contributed by atoms with Gasteiger partial charge < -0.3 is 4.57 Å². The lowest BCUT2D eigenvalue weighted by Crippen LogP contribution is -2.45. The maximum absolute atomic E-state index is 12.6. The van der Waals surface area contributed by atoms with Crippen LogP contribution in [0.5, 0.6) is 0 Å². The summed E-state index contributed by atoms with van der Waals surface area (Å²) >= 11 is 6.13. The molecule has 9 heteroatoms. The van der Waals surface area contributed by atoms with Gasteiger partial charge in [0.25, 0.3) is 0 Å². The standard InChI is InChI=1S/C24H27ClN4O3S/c1-2-33(31,32)29-12-6-8-19(17-29)24(30)27-26-14-20-16-28(23-11-4-3-10-22(20)23)15-18-7-5-9-21(25)13-18/h3-5,7,9-11,13-14,16,19H,2,6,8,12,15,17H2,1H3,(H,27,30)/b26-14-/t19-/m0/s1. The molecule has 1 atom stereocenters. The largest absolute Gasteiger partial charge is 0.342 e. The number of piperidine rings is 1. The number of aromatic nitrogens is 1. The second kappa shape index (κ2) is 10.1. The first-order valence-corrected chi connectivity index (χ1v) is 13.0. The van der Waals surface area contributed by atoms with Crippen molar-refractivity contribution in [2.24, 2.45) is 11.0 Å². The monoisotopic (exact) mass is 486 g/mol. The van der Waals surface area contributed by atoms with E-state index in [1.54, 1.807) is 13.1 Å². The maximum atomic E-state index is 12.6. The first kappa shape index (κ1) is 23.5. The molecule has 1 aliphatic rings. The lowest BCUT2D eigenvalue weighted by molar-refractivity contribution is -0.126. The van der Waals surface area contributed by atoms with Crippen molar-refractivity contribution in [3.63, 3.8) is 0 Å². The molecule has 2 heterocycles. The summed E-state index contributed by atoms with van der Waals surface area (Å²) in [7, 11) is -3.30. The molecule has 3 aromatic rings. The van der Waals surface area contributed by atoms with Gasteiger partial charge in [-0.3, -0.25) is 4.79 Å². The van der Waals surface area contributed by atoms with Crippen LogP contribution in [0.1, 0.15) is 30.9 Å². The van der Waals surface area contributed by atoms with Crippen molar-refractivity contribution in [3.8, 4) is 0 Å². The molecule has 0 aliphatic carbocycles. The predicted molar refractivity (Wildman–Crippen MR) is 132 cm³/mol. The van der Waals surface area contributed by atoms with Gasteiger partial charge in [-0.2, -0.15) is 5.10 Å². The number of amides is 1. The highest BCUT2D eigenvalue weighted by atomic mass is 35.5. The quantitative estimate of drug-likeness (QED) is 0.406. The molecule has 0 radical (unpaired) electrons. The van der Waals surface area contributed by atoms with E-state index in [0.717, 1.165) is 22.0 Å². The molecule has 1 aromatic heterocycles. The fourth-order valence-electron chi connectivity index (χ4n) is 4.19. The zero-order valence-corrected chi connectivity index (χ0v) is 20.0. The van der Waals surface area contributed by atoms with Crippen molar-refractivity contribution in [3.05, 3.63) is 70.9 Å². The summed E-state index contributed by atoms with van der Waals surface area (Å²) in [5, 5.41) is 5.90. The number of halogens is 1. The van der Waals surface area contributed by atoms with Crippen LogP contribution in [0.4, 0.5) is 0 Å². The number of nitrogens with zero attached hydrogens (tertiary/aromatic N) is 3. The highest BCUT2D eigenvalue weighted by molar-refractivity contribution is 7.89. The molecule has 2 aromatic carbocycles. The van der Waals surface area contributed by atoms with E-state index >= 15 is 0 Å². The Morgan fingerprint density at radius 2 is 2.06 bits per heavy atom. The Hall–Kier alpha value is -2.68.